The van der Waals surface area contributed by atoms with E-state index in [0.29, 0.717) is 0 Å². The van der Waals surface area contributed by atoms with Gasteiger partial charge in [0.2, 0.25) is 5.91 Å². The van der Waals surface area contributed by atoms with E-state index in [4.69, 9.17) is 0 Å². The normalized spacial score (nSPS) is 15.2. The van der Waals surface area contributed by atoms with Crippen molar-refractivity contribution in [1.29, 1.82) is 0 Å². The van der Waals surface area contributed by atoms with Crippen LogP contribution in [0.25, 0.3) is 0 Å². The molecule has 1 heterocycles. The molecule has 24 heavy (non-hydrogen) atoms. The third kappa shape index (κ3) is 5.72. The largest absolute Gasteiger partial charge is 0.468 e. The van der Waals surface area contributed by atoms with Crippen molar-refractivity contribution in [2.45, 2.75) is 6.92 Å². The second kappa shape index (κ2) is 9.54. The Kier molecular flexibility index (Phi) is 7.39. The van der Waals surface area contributed by atoms with E-state index in [9.17, 15) is 9.59 Å². The van der Waals surface area contributed by atoms with Gasteiger partial charge in [-0.05, 0) is 30.8 Å². The van der Waals surface area contributed by atoms with Crippen LogP contribution >= 0.6 is 11.8 Å². The number of nitrogens with zero attached hydrogens (tertiary/aromatic N) is 2. The summed E-state index contributed by atoms with van der Waals surface area (Å²) >= 11 is 1.24. The molecule has 0 aromatic heterocycles. The van der Waals surface area contributed by atoms with Crippen LogP contribution in [0.3, 0.4) is 0 Å². The molecule has 0 spiro atoms. The zero-order valence-corrected chi connectivity index (χ0v) is 15.1. The lowest BCUT2D eigenvalue weighted by molar-refractivity contribution is -0.137. The molecular weight excluding hydrogens is 326 g/mol. The number of ether oxygens (including phenoxy) is 1. The van der Waals surface area contributed by atoms with E-state index in [1.54, 1.807) is 0 Å². The van der Waals surface area contributed by atoms with Crippen molar-refractivity contribution < 1.29 is 14.3 Å². The fourth-order valence-electron chi connectivity index (χ4n) is 2.56. The van der Waals surface area contributed by atoms with Crippen molar-refractivity contribution in [3.05, 3.63) is 24.3 Å². The summed E-state index contributed by atoms with van der Waals surface area (Å²) in [5, 5.41) is 2.84. The number of carbonyl (C=O) groups excluding carboxylic acids is 2. The Labute approximate surface area is 147 Å². The van der Waals surface area contributed by atoms with Crippen LogP contribution in [0.2, 0.25) is 0 Å². The van der Waals surface area contributed by atoms with E-state index in [2.05, 4.69) is 26.8 Å². The molecule has 1 saturated heterocycles. The molecule has 0 aliphatic carbocycles. The van der Waals surface area contributed by atoms with E-state index in [1.807, 2.05) is 24.3 Å². The molecule has 0 unspecified atom stereocenters. The average molecular weight is 351 g/mol. The zero-order valence-electron chi connectivity index (χ0n) is 14.3. The number of hydrogen-bond acceptors (Lipinski definition) is 6. The van der Waals surface area contributed by atoms with E-state index in [0.717, 1.165) is 38.4 Å². The maximum absolute atomic E-state index is 11.8. The Morgan fingerprint density at radius 2 is 1.79 bits per heavy atom. The Morgan fingerprint density at radius 1 is 1.12 bits per heavy atom. The number of methoxy groups -OCH3 is 1. The molecule has 0 atom stereocenters. The number of thioether (sulfide) groups is 1. The number of likely N-dealkylation sites (N-methyl/N-ethyl adjacent to an activating group) is 1. The first-order valence-corrected chi connectivity index (χ1v) is 9.29. The average Bonchev–Trinajstić information content (AvgIpc) is 2.62. The Bertz CT molecular complexity index is 543. The zero-order chi connectivity index (χ0) is 17.4. The van der Waals surface area contributed by atoms with E-state index in [-0.39, 0.29) is 23.4 Å². The highest BCUT2D eigenvalue weighted by Crippen LogP contribution is 2.19. The molecule has 0 radical (unpaired) electrons. The summed E-state index contributed by atoms with van der Waals surface area (Å²) in [6.45, 7) is 7.54. The summed E-state index contributed by atoms with van der Waals surface area (Å²) in [6, 6.07) is 7.92. The van der Waals surface area contributed by atoms with Gasteiger partial charge in [-0.3, -0.25) is 9.59 Å². The number of amides is 1. The maximum atomic E-state index is 11.8. The highest BCUT2D eigenvalue weighted by molar-refractivity contribution is 8.00. The molecular formula is C17H25N3O3S. The van der Waals surface area contributed by atoms with Crippen LogP contribution in [-0.4, -0.2) is 68.1 Å². The number of hydrogen-bond donors (Lipinski definition) is 1. The summed E-state index contributed by atoms with van der Waals surface area (Å²) in [7, 11) is 1.34. The van der Waals surface area contributed by atoms with Gasteiger partial charge in [-0.1, -0.05) is 6.92 Å². The van der Waals surface area contributed by atoms with Crippen molar-refractivity contribution in [2.24, 2.45) is 0 Å². The van der Waals surface area contributed by atoms with Gasteiger partial charge in [0, 0.05) is 37.6 Å². The number of benzene rings is 1. The highest BCUT2D eigenvalue weighted by atomic mass is 32.2. The number of carbonyl (C=O) groups is 2. The molecule has 1 N–H and O–H groups in total. The first-order chi connectivity index (χ1) is 11.6. The number of piperazine rings is 1. The number of rotatable bonds is 7. The van der Waals surface area contributed by atoms with Gasteiger partial charge < -0.3 is 19.9 Å². The van der Waals surface area contributed by atoms with Gasteiger partial charge in [-0.25, -0.2) is 0 Å². The standard InChI is InChI=1S/C17H25N3O3S/c1-3-19-8-10-20(11-9-19)15-6-4-14(5-7-15)18-16(21)12-24-13-17(22)23-2/h4-7H,3,8-13H2,1-2H3,(H,18,21). The SMILES string of the molecule is CCN1CCN(c2ccc(NC(=O)CSCC(=O)OC)cc2)CC1. The molecule has 1 aromatic carbocycles. The minimum atomic E-state index is -0.319. The number of anilines is 2. The minimum absolute atomic E-state index is 0.117. The molecule has 1 aliphatic heterocycles. The Morgan fingerprint density at radius 3 is 2.38 bits per heavy atom. The lowest BCUT2D eigenvalue weighted by Crippen LogP contribution is -2.46. The lowest BCUT2D eigenvalue weighted by Gasteiger charge is -2.35. The first kappa shape index (κ1) is 18.6. The minimum Gasteiger partial charge on any atom is -0.468 e. The topological polar surface area (TPSA) is 61.9 Å². The Balaban J connectivity index is 1.77. The predicted octanol–water partition coefficient (Wildman–Crippen LogP) is 1.67. The second-order valence-corrected chi connectivity index (χ2v) is 6.57. The summed E-state index contributed by atoms with van der Waals surface area (Å²) in [5.74, 6) is -0.0175. The quantitative estimate of drug-likeness (QED) is 0.754. The summed E-state index contributed by atoms with van der Waals surface area (Å²) in [5.41, 5.74) is 1.96. The smallest absolute Gasteiger partial charge is 0.315 e. The molecule has 2 rings (SSSR count). The number of esters is 1. The van der Waals surface area contributed by atoms with Gasteiger partial charge in [-0.2, -0.15) is 0 Å². The Hall–Kier alpha value is -1.73. The van der Waals surface area contributed by atoms with E-state index < -0.39 is 0 Å². The van der Waals surface area contributed by atoms with Crippen LogP contribution in [0.4, 0.5) is 11.4 Å². The monoisotopic (exact) mass is 351 g/mol. The van der Waals surface area contributed by atoms with Crippen molar-refractivity contribution in [3.8, 4) is 0 Å². The lowest BCUT2D eigenvalue weighted by atomic mass is 10.2. The van der Waals surface area contributed by atoms with Crippen LogP contribution in [0.1, 0.15) is 6.92 Å². The molecule has 1 aromatic rings. The summed E-state index contributed by atoms with van der Waals surface area (Å²) in [4.78, 5) is 27.6. The highest BCUT2D eigenvalue weighted by Gasteiger charge is 2.15. The van der Waals surface area contributed by atoms with Gasteiger partial charge in [-0.15, -0.1) is 11.8 Å². The molecule has 1 fully saturated rings. The van der Waals surface area contributed by atoms with Gasteiger partial charge in [0.05, 0.1) is 18.6 Å². The fraction of sp³-hybridized carbons (Fsp3) is 0.529. The van der Waals surface area contributed by atoms with Crippen LogP contribution < -0.4 is 10.2 Å². The first-order valence-electron chi connectivity index (χ1n) is 8.14. The third-order valence-corrected chi connectivity index (χ3v) is 4.92. The predicted molar refractivity (Wildman–Crippen MR) is 98.7 cm³/mol. The molecule has 0 saturated carbocycles. The molecule has 7 heteroatoms. The molecule has 0 bridgehead atoms. The van der Waals surface area contributed by atoms with Crippen LogP contribution in [0.5, 0.6) is 0 Å². The van der Waals surface area contributed by atoms with Crippen molar-refractivity contribution >= 4 is 35.0 Å². The van der Waals surface area contributed by atoms with Crippen LogP contribution in [0, 0.1) is 0 Å². The molecule has 132 valence electrons. The maximum Gasteiger partial charge on any atom is 0.315 e. The van der Waals surface area contributed by atoms with Gasteiger partial charge in [0.1, 0.15) is 0 Å². The van der Waals surface area contributed by atoms with E-state index in [1.165, 1.54) is 24.6 Å². The third-order valence-electron chi connectivity index (χ3n) is 4.02. The fourth-order valence-corrected chi connectivity index (χ4v) is 3.21. The molecule has 6 nitrogen and oxygen atoms in total. The van der Waals surface area contributed by atoms with Crippen LogP contribution in [0.15, 0.2) is 24.3 Å². The molecule has 1 aliphatic rings. The van der Waals surface area contributed by atoms with Crippen LogP contribution in [-0.2, 0) is 14.3 Å². The van der Waals surface area contributed by atoms with Gasteiger partial charge in [0.15, 0.2) is 0 Å². The summed E-state index contributed by atoms with van der Waals surface area (Å²) in [6.07, 6.45) is 0. The summed E-state index contributed by atoms with van der Waals surface area (Å²) < 4.78 is 4.54. The molecule has 1 amide bonds. The van der Waals surface area contributed by atoms with Gasteiger partial charge in [0.25, 0.3) is 0 Å². The van der Waals surface area contributed by atoms with Crippen molar-refractivity contribution in [1.82, 2.24) is 4.90 Å². The van der Waals surface area contributed by atoms with Crippen molar-refractivity contribution in [2.75, 3.05) is 61.6 Å². The van der Waals surface area contributed by atoms with Crippen molar-refractivity contribution in [3.63, 3.8) is 0 Å². The van der Waals surface area contributed by atoms with Gasteiger partial charge >= 0.3 is 5.97 Å². The second-order valence-electron chi connectivity index (χ2n) is 5.59. The number of nitrogens with one attached hydrogen (secondary N) is 1. The van der Waals surface area contributed by atoms with E-state index >= 15 is 0 Å².